The number of amides is 2. The van der Waals surface area contributed by atoms with Crippen LogP contribution in [0.1, 0.15) is 0 Å². The van der Waals surface area contributed by atoms with E-state index in [0.717, 1.165) is 0 Å². The van der Waals surface area contributed by atoms with Crippen molar-refractivity contribution in [3.8, 4) is 0 Å². The van der Waals surface area contributed by atoms with Crippen LogP contribution in [0.15, 0.2) is 18.2 Å². The average molecular weight is 287 g/mol. The van der Waals surface area contributed by atoms with Crippen LogP contribution in [-0.4, -0.2) is 10.7 Å². The quantitative estimate of drug-likeness (QED) is 0.562. The van der Waals surface area contributed by atoms with Gasteiger partial charge in [-0.3, -0.25) is 9.59 Å². The first-order chi connectivity index (χ1) is 6.93. The van der Waals surface area contributed by atoms with E-state index in [1.165, 1.54) is 18.2 Å². The van der Waals surface area contributed by atoms with Crippen LogP contribution < -0.4 is 4.90 Å². The lowest BCUT2D eigenvalue weighted by atomic mass is 10.3. The summed E-state index contributed by atoms with van der Waals surface area (Å²) in [5.74, 6) is 0. The maximum atomic E-state index is 10.9. The van der Waals surface area contributed by atoms with E-state index in [-0.39, 0.29) is 10.7 Å². The molecule has 0 aliphatic rings. The molecule has 1 aromatic carbocycles. The molecule has 0 spiro atoms. The van der Waals surface area contributed by atoms with Gasteiger partial charge >= 0.3 is 10.7 Å². The highest BCUT2D eigenvalue weighted by molar-refractivity contribution is 6.76. The summed E-state index contributed by atoms with van der Waals surface area (Å²) in [5, 5.41) is -1.55. The van der Waals surface area contributed by atoms with Crippen LogP contribution in [0.3, 0.4) is 0 Å². The predicted octanol–water partition coefficient (Wildman–Crippen LogP) is 4.52. The molecule has 0 aliphatic carbocycles. The Morgan fingerprint density at radius 3 is 1.93 bits per heavy atom. The third-order valence-electron chi connectivity index (χ3n) is 1.51. The van der Waals surface area contributed by atoms with Crippen molar-refractivity contribution in [3.05, 3.63) is 28.2 Å². The Labute approximate surface area is 105 Å². The predicted molar refractivity (Wildman–Crippen MR) is 61.4 cm³/mol. The molecule has 1 rings (SSSR count). The second kappa shape index (κ2) is 5.03. The monoisotopic (exact) mass is 285 g/mol. The maximum absolute atomic E-state index is 10.9. The summed E-state index contributed by atoms with van der Waals surface area (Å²) in [5.41, 5.74) is 0.157. The average Bonchev–Trinajstić information content (AvgIpc) is 2.10. The van der Waals surface area contributed by atoms with Crippen LogP contribution in [0.25, 0.3) is 0 Å². The van der Waals surface area contributed by atoms with E-state index in [9.17, 15) is 9.59 Å². The first-order valence-electron chi connectivity index (χ1n) is 3.57. The molecule has 80 valence electrons. The Bertz CT molecular complexity index is 407. The van der Waals surface area contributed by atoms with Gasteiger partial charge in [0, 0.05) is 0 Å². The number of hydrogen-bond donors (Lipinski definition) is 0. The zero-order valence-electron chi connectivity index (χ0n) is 7.01. The van der Waals surface area contributed by atoms with E-state index in [4.69, 9.17) is 46.4 Å². The zero-order chi connectivity index (χ0) is 11.6. The number of rotatable bonds is 1. The van der Waals surface area contributed by atoms with Crippen molar-refractivity contribution in [2.75, 3.05) is 4.90 Å². The second-order valence-corrected chi connectivity index (χ2v) is 3.90. The number of imide groups is 1. The standard InChI is InChI=1S/C8H3Cl4NO2/c9-5-2-1-4(3-6(5)10)13(7(11)14)8(12)15/h1-3H. The number of anilines is 1. The Morgan fingerprint density at radius 2 is 1.53 bits per heavy atom. The lowest BCUT2D eigenvalue weighted by Crippen LogP contribution is -2.28. The number of hydrogen-bond acceptors (Lipinski definition) is 2. The molecular formula is C8H3Cl4NO2. The summed E-state index contributed by atoms with van der Waals surface area (Å²) in [6, 6.07) is 4.13. The van der Waals surface area contributed by atoms with Crippen molar-refractivity contribution in [1.82, 2.24) is 0 Å². The molecule has 0 fully saturated rings. The van der Waals surface area contributed by atoms with Gasteiger partial charge in [0.05, 0.1) is 15.7 Å². The minimum Gasteiger partial charge on any atom is -0.254 e. The highest BCUT2D eigenvalue weighted by Gasteiger charge is 2.20. The smallest absolute Gasteiger partial charge is 0.254 e. The molecule has 0 radical (unpaired) electrons. The Morgan fingerprint density at radius 1 is 1.00 bits per heavy atom. The van der Waals surface area contributed by atoms with Crippen LogP contribution in [0.2, 0.25) is 10.0 Å². The van der Waals surface area contributed by atoms with Gasteiger partial charge in [-0.25, -0.2) is 4.90 Å². The summed E-state index contributed by atoms with van der Waals surface area (Å²) in [4.78, 5) is 22.3. The lowest BCUT2D eigenvalue weighted by molar-refractivity contribution is 0.255. The number of halogens is 4. The normalized spacial score (nSPS) is 9.87. The Kier molecular flexibility index (Phi) is 4.22. The topological polar surface area (TPSA) is 37.4 Å². The third-order valence-corrected chi connectivity index (χ3v) is 2.59. The number of carbonyl (C=O) groups is 2. The van der Waals surface area contributed by atoms with Gasteiger partial charge in [0.15, 0.2) is 0 Å². The van der Waals surface area contributed by atoms with Crippen molar-refractivity contribution in [1.29, 1.82) is 0 Å². The first kappa shape index (κ1) is 12.6. The molecule has 0 aromatic heterocycles. The van der Waals surface area contributed by atoms with Gasteiger partial charge in [0.1, 0.15) is 0 Å². The fraction of sp³-hybridized carbons (Fsp3) is 0. The summed E-state index contributed by atoms with van der Waals surface area (Å²) < 4.78 is 0. The van der Waals surface area contributed by atoms with Gasteiger partial charge in [0.2, 0.25) is 0 Å². The van der Waals surface area contributed by atoms with Crippen molar-refractivity contribution < 1.29 is 9.59 Å². The van der Waals surface area contributed by atoms with Crippen molar-refractivity contribution >= 4 is 62.8 Å². The lowest BCUT2D eigenvalue weighted by Gasteiger charge is -2.14. The molecular weight excluding hydrogens is 284 g/mol. The van der Waals surface area contributed by atoms with E-state index in [0.29, 0.717) is 9.92 Å². The molecule has 3 nitrogen and oxygen atoms in total. The van der Waals surface area contributed by atoms with Crippen molar-refractivity contribution in [3.63, 3.8) is 0 Å². The molecule has 0 N–H and O–H groups in total. The van der Waals surface area contributed by atoms with Crippen LogP contribution in [0.4, 0.5) is 15.3 Å². The fourth-order valence-corrected chi connectivity index (χ4v) is 1.58. The van der Waals surface area contributed by atoms with E-state index in [2.05, 4.69) is 0 Å². The van der Waals surface area contributed by atoms with E-state index in [1.807, 2.05) is 0 Å². The summed E-state index contributed by atoms with van der Waals surface area (Å²) in [6.45, 7) is 0. The molecule has 0 saturated carbocycles. The van der Waals surface area contributed by atoms with Crippen LogP contribution >= 0.6 is 46.4 Å². The Balaban J connectivity index is 3.18. The summed E-state index contributed by atoms with van der Waals surface area (Å²) >= 11 is 21.7. The number of nitrogens with zero attached hydrogens (tertiary/aromatic N) is 1. The van der Waals surface area contributed by atoms with E-state index in [1.54, 1.807) is 0 Å². The molecule has 2 amide bonds. The number of benzene rings is 1. The zero-order valence-corrected chi connectivity index (χ0v) is 10.0. The van der Waals surface area contributed by atoms with E-state index >= 15 is 0 Å². The molecule has 0 unspecified atom stereocenters. The minimum atomic E-state index is -1.02. The Hall–Kier alpha value is -0.480. The largest absolute Gasteiger partial charge is 0.328 e. The molecule has 15 heavy (non-hydrogen) atoms. The van der Waals surface area contributed by atoms with Gasteiger partial charge in [-0.2, -0.15) is 0 Å². The maximum Gasteiger partial charge on any atom is 0.328 e. The molecule has 1 aromatic rings. The SMILES string of the molecule is O=C(Cl)N(C(=O)Cl)c1ccc(Cl)c(Cl)c1. The van der Waals surface area contributed by atoms with Crippen molar-refractivity contribution in [2.45, 2.75) is 0 Å². The van der Waals surface area contributed by atoms with Crippen LogP contribution in [0, 0.1) is 0 Å². The molecule has 0 heterocycles. The van der Waals surface area contributed by atoms with Gasteiger partial charge in [-0.05, 0) is 41.4 Å². The van der Waals surface area contributed by atoms with Gasteiger partial charge in [0.25, 0.3) is 0 Å². The van der Waals surface area contributed by atoms with Gasteiger partial charge < -0.3 is 0 Å². The molecule has 0 aliphatic heterocycles. The van der Waals surface area contributed by atoms with Crippen molar-refractivity contribution in [2.24, 2.45) is 0 Å². The summed E-state index contributed by atoms with van der Waals surface area (Å²) in [6.07, 6.45) is 0. The van der Waals surface area contributed by atoms with Crippen LogP contribution in [0.5, 0.6) is 0 Å². The highest BCUT2D eigenvalue weighted by atomic mass is 35.5. The molecule has 0 saturated heterocycles. The number of carbonyl (C=O) groups excluding carboxylic acids is 2. The van der Waals surface area contributed by atoms with E-state index < -0.39 is 10.7 Å². The van der Waals surface area contributed by atoms with Gasteiger partial charge in [-0.15, -0.1) is 0 Å². The third kappa shape index (κ3) is 2.98. The highest BCUT2D eigenvalue weighted by Crippen LogP contribution is 2.28. The van der Waals surface area contributed by atoms with Gasteiger partial charge in [-0.1, -0.05) is 23.2 Å². The molecule has 0 bridgehead atoms. The summed E-state index contributed by atoms with van der Waals surface area (Å²) in [7, 11) is 0. The first-order valence-corrected chi connectivity index (χ1v) is 5.08. The van der Waals surface area contributed by atoms with Crippen LogP contribution in [-0.2, 0) is 0 Å². The molecule has 0 atom stereocenters. The molecule has 7 heteroatoms. The minimum absolute atomic E-state index is 0.157. The second-order valence-electron chi connectivity index (χ2n) is 2.44. The fourth-order valence-electron chi connectivity index (χ4n) is 0.896.